The van der Waals surface area contributed by atoms with Crippen molar-refractivity contribution >= 4 is 5.97 Å². The molecule has 6 heterocycles. The Hall–Kier alpha value is -1.57. The number of hydrogen-bond acceptors (Lipinski definition) is 7. The number of rotatable bonds is 4. The fourth-order valence-electron chi connectivity index (χ4n) is 7.40. The van der Waals surface area contributed by atoms with E-state index in [1.807, 2.05) is 0 Å². The molecule has 0 aromatic rings. The van der Waals surface area contributed by atoms with Crippen LogP contribution in [-0.4, -0.2) is 60.6 Å². The summed E-state index contributed by atoms with van der Waals surface area (Å²) in [5, 5.41) is 3.69. The Morgan fingerprint density at radius 3 is 2.90 bits per heavy atom. The number of methoxy groups -OCH3 is 1. The molecule has 1 spiro atoms. The molecule has 5 saturated heterocycles. The van der Waals surface area contributed by atoms with E-state index in [1.54, 1.807) is 14.0 Å². The second-order valence-corrected chi connectivity index (χ2v) is 9.85. The topological polar surface area (TPSA) is 69.3 Å². The van der Waals surface area contributed by atoms with Gasteiger partial charge in [0.15, 0.2) is 5.76 Å². The predicted molar refractivity (Wildman–Crippen MR) is 103 cm³/mol. The number of esters is 1. The molecule has 7 heteroatoms. The van der Waals surface area contributed by atoms with Crippen molar-refractivity contribution in [2.24, 2.45) is 17.8 Å². The molecule has 0 aliphatic carbocycles. The first-order valence-corrected chi connectivity index (χ1v) is 10.9. The number of piperidine rings is 1. The highest BCUT2D eigenvalue weighted by molar-refractivity contribution is 5.93. The maximum atomic E-state index is 12.2. The largest absolute Gasteiger partial charge is 0.492 e. The third-order valence-electron chi connectivity index (χ3n) is 8.39. The van der Waals surface area contributed by atoms with Gasteiger partial charge in [0.2, 0.25) is 11.5 Å². The molecule has 7 nitrogen and oxygen atoms in total. The number of allylic oxidation sites excluding steroid dienone is 1. The Kier molecular flexibility index (Phi) is 3.49. The number of ether oxygens (including phenoxy) is 4. The van der Waals surface area contributed by atoms with Crippen LogP contribution in [0.25, 0.3) is 0 Å². The van der Waals surface area contributed by atoms with Crippen molar-refractivity contribution in [2.45, 2.75) is 70.1 Å². The van der Waals surface area contributed by atoms with Gasteiger partial charge in [-0.3, -0.25) is 4.90 Å². The summed E-state index contributed by atoms with van der Waals surface area (Å²) in [6.07, 6.45) is 2.35. The van der Waals surface area contributed by atoms with E-state index in [0.29, 0.717) is 35.1 Å². The van der Waals surface area contributed by atoms with Crippen LogP contribution in [0.5, 0.6) is 0 Å². The zero-order chi connectivity index (χ0) is 20.3. The second kappa shape index (κ2) is 5.56. The van der Waals surface area contributed by atoms with Gasteiger partial charge in [0.25, 0.3) is 0 Å². The highest BCUT2D eigenvalue weighted by atomic mass is 16.7. The molecule has 0 saturated carbocycles. The minimum atomic E-state index is -0.608. The highest BCUT2D eigenvalue weighted by Crippen LogP contribution is 2.72. The number of carbonyl (C=O) groups excluding carboxylic acids is 1. The maximum Gasteiger partial charge on any atom is 0.343 e. The molecule has 5 fully saturated rings. The normalized spacial score (nSPS) is 51.3. The lowest BCUT2D eigenvalue weighted by molar-refractivity contribution is -0.255. The van der Waals surface area contributed by atoms with Gasteiger partial charge in [-0.1, -0.05) is 20.8 Å². The van der Waals surface area contributed by atoms with E-state index in [2.05, 4.69) is 31.0 Å². The lowest BCUT2D eigenvalue weighted by Gasteiger charge is -2.48. The van der Waals surface area contributed by atoms with Gasteiger partial charge >= 0.3 is 5.97 Å². The number of carbonyl (C=O) groups is 1. The van der Waals surface area contributed by atoms with Crippen LogP contribution in [0.2, 0.25) is 0 Å². The first kappa shape index (κ1) is 18.2. The zero-order valence-electron chi connectivity index (χ0n) is 17.8. The lowest BCUT2D eigenvalue weighted by atomic mass is 9.71. The van der Waals surface area contributed by atoms with Crippen LogP contribution in [0, 0.1) is 17.8 Å². The molecule has 0 aromatic heterocycles. The fraction of sp³-hybridized carbons (Fsp3) is 0.773. The van der Waals surface area contributed by atoms with E-state index in [1.165, 1.54) is 0 Å². The smallest absolute Gasteiger partial charge is 0.343 e. The lowest BCUT2D eigenvalue weighted by Crippen LogP contribution is -2.64. The quantitative estimate of drug-likeness (QED) is 0.720. The van der Waals surface area contributed by atoms with Gasteiger partial charge in [-0.25, -0.2) is 4.79 Å². The fourth-order valence-corrected chi connectivity index (χ4v) is 7.40. The first-order chi connectivity index (χ1) is 13.8. The molecule has 29 heavy (non-hydrogen) atoms. The van der Waals surface area contributed by atoms with Gasteiger partial charge in [-0.15, -0.1) is 0 Å². The predicted octanol–water partition coefficient (Wildman–Crippen LogP) is 1.90. The minimum absolute atomic E-state index is 0.0213. The molecule has 0 radical (unpaired) electrons. The van der Waals surface area contributed by atoms with Crippen molar-refractivity contribution in [1.82, 2.24) is 10.2 Å². The van der Waals surface area contributed by atoms with Crippen molar-refractivity contribution in [1.29, 1.82) is 0 Å². The van der Waals surface area contributed by atoms with Gasteiger partial charge in [0.05, 0.1) is 30.2 Å². The van der Waals surface area contributed by atoms with Gasteiger partial charge in [0, 0.05) is 30.5 Å². The van der Waals surface area contributed by atoms with Crippen LogP contribution >= 0.6 is 0 Å². The monoisotopic (exact) mass is 402 g/mol. The summed E-state index contributed by atoms with van der Waals surface area (Å²) in [6.45, 7) is 10.4. The van der Waals surface area contributed by atoms with Gasteiger partial charge in [-0.2, -0.15) is 0 Å². The van der Waals surface area contributed by atoms with Crippen LogP contribution in [0.4, 0.5) is 0 Å². The summed E-state index contributed by atoms with van der Waals surface area (Å²) in [7, 11) is 1.57. The number of hydrogen-bond donors (Lipinski definition) is 1. The summed E-state index contributed by atoms with van der Waals surface area (Å²) in [6, 6.07) is 0.885. The van der Waals surface area contributed by atoms with Crippen molar-refractivity contribution in [3.63, 3.8) is 0 Å². The molecule has 0 aromatic carbocycles. The summed E-state index contributed by atoms with van der Waals surface area (Å²) in [5.74, 6) is 1.39. The Labute approximate surface area is 171 Å². The number of nitrogens with zero attached hydrogens (tertiary/aromatic N) is 1. The molecule has 5 bridgehead atoms. The molecular weight excluding hydrogens is 372 g/mol. The van der Waals surface area contributed by atoms with Gasteiger partial charge < -0.3 is 24.3 Å². The van der Waals surface area contributed by atoms with Crippen LogP contribution in [-0.2, 0) is 23.7 Å². The SMILES string of the molecule is COC1=C(C)C(=O)O/C1=C1\O[C@@]23O[C@H]4C[C@@H]([C@H]2[C@@H]1C)N1CC[C@@H]3[C@]41CNC(C)C. The van der Waals surface area contributed by atoms with Crippen molar-refractivity contribution in [2.75, 3.05) is 20.2 Å². The van der Waals surface area contributed by atoms with Gasteiger partial charge in [-0.05, 0) is 26.3 Å². The van der Waals surface area contributed by atoms with Gasteiger partial charge in [0.1, 0.15) is 5.76 Å². The summed E-state index contributed by atoms with van der Waals surface area (Å²) >= 11 is 0. The average molecular weight is 402 g/mol. The molecule has 8 atom stereocenters. The van der Waals surface area contributed by atoms with E-state index in [9.17, 15) is 4.79 Å². The molecule has 6 aliphatic heterocycles. The summed E-state index contributed by atoms with van der Waals surface area (Å²) in [4.78, 5) is 14.9. The Balaban J connectivity index is 1.44. The van der Waals surface area contributed by atoms with E-state index >= 15 is 0 Å². The molecule has 6 rings (SSSR count). The van der Waals surface area contributed by atoms with Crippen molar-refractivity contribution in [3.8, 4) is 0 Å². The molecular formula is C22H30N2O5. The number of cyclic esters (lactones) is 1. The molecule has 0 amide bonds. The third kappa shape index (κ3) is 1.89. The van der Waals surface area contributed by atoms with E-state index < -0.39 is 5.79 Å². The standard InChI is InChI=1S/C22H30N2O5/c1-10(2)23-9-21-14-6-7-24(21)13-8-15(21)28-22(14)16(13)11(3)18(29-22)19-17(26-5)12(4)20(25)27-19/h10-11,13-16,23H,6-9H2,1-5H3/b19-18-/t11-,13-,14+,15-,16+,21+,22+/m0/s1. The highest BCUT2D eigenvalue weighted by Gasteiger charge is 2.84. The van der Waals surface area contributed by atoms with Crippen LogP contribution in [0.15, 0.2) is 22.9 Å². The number of fused-ring (bicyclic) bond motifs is 1. The molecule has 6 aliphatic rings. The van der Waals surface area contributed by atoms with E-state index in [-0.39, 0.29) is 29.4 Å². The summed E-state index contributed by atoms with van der Waals surface area (Å²) < 4.78 is 24.6. The number of nitrogens with one attached hydrogen (secondary N) is 1. The molecule has 1 N–H and O–H groups in total. The second-order valence-electron chi connectivity index (χ2n) is 9.85. The van der Waals surface area contributed by atoms with E-state index in [0.717, 1.165) is 31.7 Å². The Bertz CT molecular complexity index is 865. The zero-order valence-corrected chi connectivity index (χ0v) is 17.8. The van der Waals surface area contributed by atoms with Crippen molar-refractivity contribution < 1.29 is 23.7 Å². The Morgan fingerprint density at radius 1 is 1.38 bits per heavy atom. The maximum absolute atomic E-state index is 12.2. The van der Waals surface area contributed by atoms with Crippen molar-refractivity contribution in [3.05, 3.63) is 22.9 Å². The van der Waals surface area contributed by atoms with E-state index in [4.69, 9.17) is 18.9 Å². The molecule has 1 unspecified atom stereocenters. The molecule has 158 valence electrons. The Morgan fingerprint density at radius 2 is 2.17 bits per heavy atom. The summed E-state index contributed by atoms with van der Waals surface area (Å²) in [5.41, 5.74) is 0.517. The third-order valence-corrected chi connectivity index (χ3v) is 8.39. The first-order valence-electron chi connectivity index (χ1n) is 10.9. The van der Waals surface area contributed by atoms with Crippen LogP contribution in [0.3, 0.4) is 0 Å². The minimum Gasteiger partial charge on any atom is -0.492 e. The van der Waals surface area contributed by atoms with Crippen LogP contribution < -0.4 is 5.32 Å². The van der Waals surface area contributed by atoms with Crippen LogP contribution in [0.1, 0.15) is 40.5 Å². The average Bonchev–Trinajstić information content (AvgIpc) is 3.38.